The largest absolute Gasteiger partial charge is 0.334 e. The molecule has 0 radical (unpaired) electrons. The number of likely N-dealkylation sites (tertiary alicyclic amines) is 1. The molecule has 24 heavy (non-hydrogen) atoms. The van der Waals surface area contributed by atoms with E-state index < -0.39 is 0 Å². The Morgan fingerprint density at radius 3 is 2.46 bits per heavy atom. The summed E-state index contributed by atoms with van der Waals surface area (Å²) in [6, 6.07) is 12.2. The van der Waals surface area contributed by atoms with Crippen molar-refractivity contribution in [3.63, 3.8) is 0 Å². The number of nitrogens with one attached hydrogen (secondary N) is 1. The monoisotopic (exact) mass is 327 g/mol. The van der Waals surface area contributed by atoms with Gasteiger partial charge in [-0.2, -0.15) is 0 Å². The summed E-state index contributed by atoms with van der Waals surface area (Å²) in [5.74, 6) is 0.619. The van der Waals surface area contributed by atoms with Crippen molar-refractivity contribution in [1.29, 1.82) is 0 Å². The number of nitrogens with zero attached hydrogens (tertiary/aromatic N) is 2. The Morgan fingerprint density at radius 2 is 1.79 bits per heavy atom. The fraction of sp³-hybridized carbons (Fsp3) is 0.650. The molecule has 1 aromatic rings. The molecule has 4 nitrogen and oxygen atoms in total. The van der Waals surface area contributed by atoms with E-state index in [1.54, 1.807) is 0 Å². The van der Waals surface area contributed by atoms with Gasteiger partial charge in [-0.3, -0.25) is 0 Å². The summed E-state index contributed by atoms with van der Waals surface area (Å²) in [4.78, 5) is 17.4. The molecule has 3 saturated heterocycles. The first-order chi connectivity index (χ1) is 11.7. The molecule has 0 spiro atoms. The quantitative estimate of drug-likeness (QED) is 0.905. The van der Waals surface area contributed by atoms with Crippen LogP contribution in [0.25, 0.3) is 0 Å². The molecule has 3 aliphatic heterocycles. The number of likely N-dealkylation sites (N-methyl/N-ethyl adjacent to an activating group) is 1. The lowest BCUT2D eigenvalue weighted by molar-refractivity contribution is 0.129. The number of hydrogen-bond donors (Lipinski definition) is 1. The average Bonchev–Trinajstić information content (AvgIpc) is 2.86. The summed E-state index contributed by atoms with van der Waals surface area (Å²) in [7, 11) is 2.15. The summed E-state index contributed by atoms with van der Waals surface area (Å²) in [6.07, 6.45) is 6.89. The van der Waals surface area contributed by atoms with Crippen LogP contribution in [0.3, 0.4) is 0 Å². The summed E-state index contributed by atoms with van der Waals surface area (Å²) in [5.41, 5.74) is 1.45. The lowest BCUT2D eigenvalue weighted by atomic mass is 9.85. The fourth-order valence-corrected chi connectivity index (χ4v) is 5.04. The van der Waals surface area contributed by atoms with Crippen LogP contribution in [0.4, 0.5) is 4.79 Å². The smallest absolute Gasteiger partial charge is 0.318 e. The maximum atomic E-state index is 12.9. The van der Waals surface area contributed by atoms with E-state index in [4.69, 9.17) is 0 Å². The van der Waals surface area contributed by atoms with Gasteiger partial charge in [-0.15, -0.1) is 0 Å². The Kier molecular flexibility index (Phi) is 4.49. The number of carbonyl (C=O) groups is 1. The molecule has 3 fully saturated rings. The van der Waals surface area contributed by atoms with Gasteiger partial charge in [-0.05, 0) is 63.6 Å². The number of urea groups is 1. The molecule has 130 valence electrons. The molecule has 2 bridgehead atoms. The Labute approximate surface area is 145 Å². The number of carbonyl (C=O) groups excluding carboxylic acids is 1. The molecule has 0 saturated carbocycles. The van der Waals surface area contributed by atoms with Gasteiger partial charge >= 0.3 is 6.03 Å². The standard InChI is InChI=1S/C20H29N3O/c1-22-11-5-8-17(14-22)21-20(24)23-18-9-10-19(23)13-16(12-18)15-6-3-2-4-7-15/h2-4,6-7,16-19H,5,8-14H2,1H3,(H,21,24)/t16?,17?,18-,19+. The van der Waals surface area contributed by atoms with Crippen molar-refractivity contribution in [2.45, 2.75) is 62.6 Å². The van der Waals surface area contributed by atoms with Gasteiger partial charge in [0, 0.05) is 24.7 Å². The van der Waals surface area contributed by atoms with Crippen LogP contribution in [0.5, 0.6) is 0 Å². The number of benzene rings is 1. The molecule has 2 amide bonds. The zero-order valence-corrected chi connectivity index (χ0v) is 14.7. The minimum Gasteiger partial charge on any atom is -0.334 e. The van der Waals surface area contributed by atoms with Crippen LogP contribution >= 0.6 is 0 Å². The third kappa shape index (κ3) is 3.16. The van der Waals surface area contributed by atoms with Gasteiger partial charge in [0.25, 0.3) is 0 Å². The zero-order chi connectivity index (χ0) is 16.5. The molecule has 1 N–H and O–H groups in total. The van der Waals surface area contributed by atoms with Gasteiger partial charge in [0.05, 0.1) is 0 Å². The first-order valence-corrected chi connectivity index (χ1v) is 9.53. The molecule has 0 aromatic heterocycles. The highest BCUT2D eigenvalue weighted by Crippen LogP contribution is 2.43. The average molecular weight is 327 g/mol. The van der Waals surface area contributed by atoms with Gasteiger partial charge in [-0.25, -0.2) is 4.79 Å². The van der Waals surface area contributed by atoms with Gasteiger partial charge in [0.2, 0.25) is 0 Å². The Balaban J connectivity index is 1.40. The van der Waals surface area contributed by atoms with Crippen molar-refractivity contribution in [2.24, 2.45) is 0 Å². The van der Waals surface area contributed by atoms with Gasteiger partial charge in [0.15, 0.2) is 0 Å². The fourth-order valence-electron chi connectivity index (χ4n) is 5.04. The molecule has 4 rings (SSSR count). The van der Waals surface area contributed by atoms with Crippen molar-refractivity contribution in [3.8, 4) is 0 Å². The maximum Gasteiger partial charge on any atom is 0.318 e. The third-order valence-corrected chi connectivity index (χ3v) is 6.19. The number of amides is 2. The molecule has 2 unspecified atom stereocenters. The highest BCUT2D eigenvalue weighted by molar-refractivity contribution is 5.76. The third-order valence-electron chi connectivity index (χ3n) is 6.19. The van der Waals surface area contributed by atoms with E-state index in [2.05, 4.69) is 52.5 Å². The van der Waals surface area contributed by atoms with Gasteiger partial charge < -0.3 is 15.1 Å². The van der Waals surface area contributed by atoms with Crippen LogP contribution in [0.2, 0.25) is 0 Å². The first-order valence-electron chi connectivity index (χ1n) is 9.53. The van der Waals surface area contributed by atoms with Crippen molar-refractivity contribution in [3.05, 3.63) is 35.9 Å². The summed E-state index contributed by atoms with van der Waals surface area (Å²) < 4.78 is 0. The van der Waals surface area contributed by atoms with E-state index >= 15 is 0 Å². The first kappa shape index (κ1) is 15.9. The molecule has 1 aromatic carbocycles. The highest BCUT2D eigenvalue weighted by atomic mass is 16.2. The second kappa shape index (κ2) is 6.75. The molecule has 0 aliphatic carbocycles. The minimum atomic E-state index is 0.189. The van der Waals surface area contributed by atoms with Crippen LogP contribution in [-0.2, 0) is 0 Å². The summed E-state index contributed by atoms with van der Waals surface area (Å²) >= 11 is 0. The van der Waals surface area contributed by atoms with Crippen LogP contribution in [0.15, 0.2) is 30.3 Å². The highest BCUT2D eigenvalue weighted by Gasteiger charge is 2.43. The van der Waals surface area contributed by atoms with Crippen LogP contribution in [-0.4, -0.2) is 54.1 Å². The van der Waals surface area contributed by atoms with E-state index in [9.17, 15) is 4.79 Å². The van der Waals surface area contributed by atoms with Crippen molar-refractivity contribution in [1.82, 2.24) is 15.1 Å². The SMILES string of the molecule is CN1CCCC(NC(=O)N2[C@@H]3CC[C@H]2CC(c2ccccc2)C3)C1. The van der Waals surface area contributed by atoms with E-state index in [0.717, 1.165) is 32.4 Å². The summed E-state index contributed by atoms with van der Waals surface area (Å²) in [6.45, 7) is 2.14. The van der Waals surface area contributed by atoms with Crippen molar-refractivity contribution in [2.75, 3.05) is 20.1 Å². The summed E-state index contributed by atoms with van der Waals surface area (Å²) in [5, 5.41) is 3.32. The molecular formula is C20H29N3O. The normalized spacial score (nSPS) is 33.5. The Bertz CT molecular complexity index is 562. The predicted molar refractivity (Wildman–Crippen MR) is 96.1 cm³/mol. The number of hydrogen-bond acceptors (Lipinski definition) is 2. The molecular weight excluding hydrogens is 298 g/mol. The second-order valence-corrected chi connectivity index (χ2v) is 7.92. The van der Waals surface area contributed by atoms with E-state index in [1.165, 1.54) is 24.8 Å². The van der Waals surface area contributed by atoms with Gasteiger partial charge in [-0.1, -0.05) is 30.3 Å². The van der Waals surface area contributed by atoms with Crippen LogP contribution < -0.4 is 5.32 Å². The van der Waals surface area contributed by atoms with E-state index in [-0.39, 0.29) is 6.03 Å². The lowest BCUT2D eigenvalue weighted by Gasteiger charge is -2.40. The van der Waals surface area contributed by atoms with Crippen molar-refractivity contribution < 1.29 is 4.79 Å². The number of fused-ring (bicyclic) bond motifs is 2. The maximum absolute atomic E-state index is 12.9. The van der Waals surface area contributed by atoms with E-state index in [0.29, 0.717) is 24.0 Å². The van der Waals surface area contributed by atoms with Crippen LogP contribution in [0.1, 0.15) is 50.0 Å². The van der Waals surface area contributed by atoms with Gasteiger partial charge in [0.1, 0.15) is 0 Å². The Morgan fingerprint density at radius 1 is 1.08 bits per heavy atom. The molecule has 3 heterocycles. The molecule has 4 heteroatoms. The lowest BCUT2D eigenvalue weighted by Crippen LogP contribution is -2.55. The molecule has 3 aliphatic rings. The van der Waals surface area contributed by atoms with E-state index in [1.807, 2.05) is 0 Å². The number of rotatable bonds is 2. The Hall–Kier alpha value is -1.55. The predicted octanol–water partition coefficient (Wildman–Crippen LogP) is 3.20. The topological polar surface area (TPSA) is 35.6 Å². The number of piperidine rings is 2. The minimum absolute atomic E-state index is 0.189. The molecule has 4 atom stereocenters. The van der Waals surface area contributed by atoms with Crippen molar-refractivity contribution >= 4 is 6.03 Å². The van der Waals surface area contributed by atoms with Crippen LogP contribution in [0, 0.1) is 0 Å². The second-order valence-electron chi connectivity index (χ2n) is 7.92. The zero-order valence-electron chi connectivity index (χ0n) is 14.7.